The molecule has 0 bridgehead atoms. The molecule has 2 aliphatic rings. The molecule has 0 spiro atoms. The minimum atomic E-state index is -3.46. The Balaban J connectivity index is 1.24. The van der Waals surface area contributed by atoms with Gasteiger partial charge in [0.15, 0.2) is 5.13 Å². The van der Waals surface area contributed by atoms with Gasteiger partial charge in [-0.05, 0) is 36.4 Å². The number of thiazole rings is 1. The van der Waals surface area contributed by atoms with Gasteiger partial charge in [0.25, 0.3) is 10.0 Å². The number of hydrogen-bond acceptors (Lipinski definition) is 7. The molecule has 0 radical (unpaired) electrons. The second-order valence-electron chi connectivity index (χ2n) is 7.18. The number of anilines is 1. The number of thiophene rings is 1. The summed E-state index contributed by atoms with van der Waals surface area (Å²) in [6, 6.07) is 11.1. The number of nitrogens with zero attached hydrogens (tertiary/aromatic N) is 2. The maximum absolute atomic E-state index is 12.8. The van der Waals surface area contributed by atoms with Crippen molar-refractivity contribution in [2.75, 3.05) is 18.4 Å². The fraction of sp³-hybridized carbons (Fsp3) is 0.300. The Labute approximate surface area is 182 Å². The van der Waals surface area contributed by atoms with E-state index in [1.54, 1.807) is 17.5 Å². The molecular weight excluding hydrogens is 442 g/mol. The third-order valence-electron chi connectivity index (χ3n) is 5.34. The van der Waals surface area contributed by atoms with Gasteiger partial charge in [-0.25, -0.2) is 13.4 Å². The van der Waals surface area contributed by atoms with Crippen molar-refractivity contribution in [3.8, 4) is 17.0 Å². The first-order valence-corrected chi connectivity index (χ1v) is 12.7. The van der Waals surface area contributed by atoms with Crippen LogP contribution in [-0.2, 0) is 21.4 Å². The number of piperidine rings is 1. The molecule has 0 saturated carbocycles. The van der Waals surface area contributed by atoms with Gasteiger partial charge in [-0.2, -0.15) is 4.31 Å². The van der Waals surface area contributed by atoms with E-state index in [1.165, 1.54) is 27.0 Å². The summed E-state index contributed by atoms with van der Waals surface area (Å²) in [7, 11) is -3.46. The van der Waals surface area contributed by atoms with Crippen molar-refractivity contribution >= 4 is 43.7 Å². The number of para-hydroxylation sites is 1. The molecule has 156 valence electrons. The zero-order valence-electron chi connectivity index (χ0n) is 15.9. The Kier molecular flexibility index (Phi) is 5.10. The predicted molar refractivity (Wildman–Crippen MR) is 116 cm³/mol. The summed E-state index contributed by atoms with van der Waals surface area (Å²) in [5.41, 5.74) is 1.79. The number of carbonyl (C=O) groups excluding carboxylic acids is 1. The lowest BCUT2D eigenvalue weighted by Crippen LogP contribution is -2.41. The molecule has 1 amide bonds. The molecule has 7 nitrogen and oxygen atoms in total. The van der Waals surface area contributed by atoms with Crippen LogP contribution in [0, 0.1) is 5.92 Å². The van der Waals surface area contributed by atoms with Crippen molar-refractivity contribution < 1.29 is 17.9 Å². The second kappa shape index (κ2) is 7.77. The van der Waals surface area contributed by atoms with Crippen LogP contribution in [0.1, 0.15) is 17.7 Å². The Bertz CT molecular complexity index is 1180. The maximum Gasteiger partial charge on any atom is 0.252 e. The number of hydrogen-bond donors (Lipinski definition) is 1. The van der Waals surface area contributed by atoms with Crippen molar-refractivity contribution in [2.24, 2.45) is 5.92 Å². The predicted octanol–water partition coefficient (Wildman–Crippen LogP) is 3.80. The zero-order chi connectivity index (χ0) is 20.7. The first-order valence-electron chi connectivity index (χ1n) is 9.59. The molecular formula is C20H19N3O4S3. The second-order valence-corrected chi connectivity index (χ2v) is 11.4. The average molecular weight is 462 g/mol. The molecule has 0 aliphatic carbocycles. The number of sulfonamides is 1. The number of benzene rings is 1. The van der Waals surface area contributed by atoms with Gasteiger partial charge in [-0.15, -0.1) is 11.3 Å². The zero-order valence-corrected chi connectivity index (χ0v) is 18.4. The van der Waals surface area contributed by atoms with Crippen molar-refractivity contribution in [1.29, 1.82) is 0 Å². The fourth-order valence-corrected chi connectivity index (χ4v) is 7.25. The minimum absolute atomic E-state index is 0.108. The first kappa shape index (κ1) is 19.7. The molecule has 30 heavy (non-hydrogen) atoms. The number of nitrogens with one attached hydrogen (secondary N) is 1. The van der Waals surface area contributed by atoms with Crippen LogP contribution in [0.5, 0.6) is 5.75 Å². The van der Waals surface area contributed by atoms with Crippen LogP contribution in [0.4, 0.5) is 5.13 Å². The fourth-order valence-electron chi connectivity index (χ4n) is 3.75. The Hall–Kier alpha value is -2.27. The summed E-state index contributed by atoms with van der Waals surface area (Å²) in [6.45, 7) is 1.13. The van der Waals surface area contributed by atoms with Gasteiger partial charge < -0.3 is 10.1 Å². The van der Waals surface area contributed by atoms with E-state index in [-0.39, 0.29) is 11.8 Å². The highest BCUT2D eigenvalue weighted by atomic mass is 32.2. The van der Waals surface area contributed by atoms with Crippen LogP contribution in [0.25, 0.3) is 11.3 Å². The summed E-state index contributed by atoms with van der Waals surface area (Å²) >= 11 is 2.64. The van der Waals surface area contributed by atoms with Gasteiger partial charge in [0.2, 0.25) is 5.91 Å². The van der Waals surface area contributed by atoms with E-state index in [2.05, 4.69) is 10.3 Å². The number of amides is 1. The highest BCUT2D eigenvalue weighted by molar-refractivity contribution is 7.91. The lowest BCUT2D eigenvalue weighted by molar-refractivity contribution is -0.120. The van der Waals surface area contributed by atoms with Crippen molar-refractivity contribution in [2.45, 2.75) is 23.7 Å². The van der Waals surface area contributed by atoms with Crippen LogP contribution < -0.4 is 10.1 Å². The molecule has 10 heteroatoms. The van der Waals surface area contributed by atoms with E-state index in [4.69, 9.17) is 4.74 Å². The van der Waals surface area contributed by atoms with Crippen LogP contribution in [0.15, 0.2) is 46.0 Å². The summed E-state index contributed by atoms with van der Waals surface area (Å²) < 4.78 is 32.9. The molecule has 1 aromatic carbocycles. The Morgan fingerprint density at radius 3 is 2.73 bits per heavy atom. The SMILES string of the molecule is O=C(Nc1nc2c(s1)COc1ccccc1-2)C1CCN(S(=O)(=O)c2cccs2)CC1. The molecule has 4 heterocycles. The lowest BCUT2D eigenvalue weighted by atomic mass is 9.97. The maximum atomic E-state index is 12.8. The number of aromatic nitrogens is 1. The molecule has 3 aromatic rings. The van der Waals surface area contributed by atoms with E-state index in [0.29, 0.717) is 41.9 Å². The first-order chi connectivity index (χ1) is 14.5. The standard InChI is InChI=1S/C20H19N3O4S3/c24-19(13-7-9-23(10-8-13)30(25,26)17-6-3-11-28-17)22-20-21-18-14-4-1-2-5-15(14)27-12-16(18)29-20/h1-6,11,13H,7-10,12H2,(H,21,22,24). The molecule has 1 fully saturated rings. The summed E-state index contributed by atoms with van der Waals surface area (Å²) in [5.74, 6) is 0.459. The topological polar surface area (TPSA) is 88.6 Å². The highest BCUT2D eigenvalue weighted by Crippen LogP contribution is 2.40. The minimum Gasteiger partial charge on any atom is -0.487 e. The van der Waals surface area contributed by atoms with E-state index in [1.807, 2.05) is 24.3 Å². The monoisotopic (exact) mass is 461 g/mol. The molecule has 2 aliphatic heterocycles. The van der Waals surface area contributed by atoms with Crippen LogP contribution in [-0.4, -0.2) is 36.7 Å². The van der Waals surface area contributed by atoms with Gasteiger partial charge in [-0.1, -0.05) is 29.5 Å². The molecule has 5 rings (SSSR count). The quantitative estimate of drug-likeness (QED) is 0.638. The van der Waals surface area contributed by atoms with Crippen LogP contribution >= 0.6 is 22.7 Å². The Morgan fingerprint density at radius 2 is 1.97 bits per heavy atom. The largest absolute Gasteiger partial charge is 0.487 e. The molecule has 1 saturated heterocycles. The molecule has 1 N–H and O–H groups in total. The van der Waals surface area contributed by atoms with E-state index in [0.717, 1.165) is 21.9 Å². The number of rotatable bonds is 4. The molecule has 0 atom stereocenters. The lowest BCUT2D eigenvalue weighted by Gasteiger charge is -2.29. The number of carbonyl (C=O) groups is 1. The third-order valence-corrected chi connectivity index (χ3v) is 9.56. The third kappa shape index (κ3) is 3.53. The normalized spacial score (nSPS) is 17.1. The Morgan fingerprint density at radius 1 is 1.17 bits per heavy atom. The van der Waals surface area contributed by atoms with Crippen LogP contribution in [0.3, 0.4) is 0 Å². The highest BCUT2D eigenvalue weighted by Gasteiger charge is 2.33. The summed E-state index contributed by atoms with van der Waals surface area (Å²) in [6.07, 6.45) is 0.987. The van der Waals surface area contributed by atoms with Crippen molar-refractivity contribution in [3.63, 3.8) is 0 Å². The van der Waals surface area contributed by atoms with Crippen molar-refractivity contribution in [1.82, 2.24) is 9.29 Å². The summed E-state index contributed by atoms with van der Waals surface area (Å²) in [4.78, 5) is 18.4. The van der Waals surface area contributed by atoms with Gasteiger partial charge in [0.1, 0.15) is 16.6 Å². The van der Waals surface area contributed by atoms with E-state index >= 15 is 0 Å². The number of fused-ring (bicyclic) bond motifs is 3. The molecule has 2 aromatic heterocycles. The van der Waals surface area contributed by atoms with Crippen molar-refractivity contribution in [3.05, 3.63) is 46.7 Å². The summed E-state index contributed by atoms with van der Waals surface area (Å²) in [5, 5.41) is 5.24. The smallest absolute Gasteiger partial charge is 0.252 e. The number of ether oxygens (including phenoxy) is 1. The van der Waals surface area contributed by atoms with Crippen LogP contribution in [0.2, 0.25) is 0 Å². The van der Waals surface area contributed by atoms with Gasteiger partial charge >= 0.3 is 0 Å². The van der Waals surface area contributed by atoms with E-state index in [9.17, 15) is 13.2 Å². The average Bonchev–Trinajstić information content (AvgIpc) is 3.44. The van der Waals surface area contributed by atoms with Gasteiger partial charge in [0, 0.05) is 24.6 Å². The molecule has 0 unspecified atom stereocenters. The van der Waals surface area contributed by atoms with Gasteiger partial charge in [0.05, 0.1) is 10.6 Å². The van der Waals surface area contributed by atoms with Gasteiger partial charge in [-0.3, -0.25) is 4.79 Å². The van der Waals surface area contributed by atoms with E-state index < -0.39 is 10.0 Å².